The zero-order chi connectivity index (χ0) is 11.8. The number of anilines is 2. The molecule has 0 saturated carbocycles. The number of allylic oxidation sites excluding steroid dienone is 1. The van der Waals surface area contributed by atoms with Crippen molar-refractivity contribution >= 4 is 23.0 Å². The number of fused-ring (bicyclic) bond motifs is 2. The molecule has 2 nitrogen and oxygen atoms in total. The first-order chi connectivity index (χ1) is 8.27. The molecule has 2 heteroatoms. The highest BCUT2D eigenvalue weighted by Crippen LogP contribution is 2.38. The van der Waals surface area contributed by atoms with E-state index in [1.807, 2.05) is 55.5 Å². The predicted octanol–water partition coefficient (Wildman–Crippen LogP) is 4.20. The first-order valence-corrected chi connectivity index (χ1v) is 5.61. The maximum atomic E-state index is 12.4. The fraction of sp³-hybridized carbons (Fsp3) is 0.0667. The molecule has 0 N–H and O–H groups in total. The van der Waals surface area contributed by atoms with Gasteiger partial charge in [0.05, 0.1) is 0 Å². The molecule has 84 valence electrons. The summed E-state index contributed by atoms with van der Waals surface area (Å²) in [6, 6.07) is 15.4. The molecular weight excluding hydrogens is 210 g/mol. The largest absolute Gasteiger partial charge is 0.754 e. The van der Waals surface area contributed by atoms with Crippen molar-refractivity contribution in [2.75, 3.05) is 5.06 Å². The fourth-order valence-corrected chi connectivity index (χ4v) is 2.22. The van der Waals surface area contributed by atoms with Crippen LogP contribution in [0.2, 0.25) is 0 Å². The summed E-state index contributed by atoms with van der Waals surface area (Å²) in [6.07, 6.45) is 2.06. The molecule has 0 spiro atoms. The van der Waals surface area contributed by atoms with Crippen LogP contribution >= 0.6 is 0 Å². The van der Waals surface area contributed by atoms with E-state index in [0.29, 0.717) is 11.4 Å². The summed E-state index contributed by atoms with van der Waals surface area (Å²) >= 11 is 0. The van der Waals surface area contributed by atoms with Gasteiger partial charge in [-0.2, -0.15) is 0 Å². The fourth-order valence-electron chi connectivity index (χ4n) is 2.22. The molecule has 0 radical (unpaired) electrons. The van der Waals surface area contributed by atoms with Gasteiger partial charge in [-0.05, 0) is 36.3 Å². The lowest BCUT2D eigenvalue weighted by atomic mass is 10.0. The molecule has 0 fully saturated rings. The minimum absolute atomic E-state index is 0.705. The highest BCUT2D eigenvalue weighted by atomic mass is 16.5. The van der Waals surface area contributed by atoms with Crippen molar-refractivity contribution in [2.45, 2.75) is 6.92 Å². The van der Waals surface area contributed by atoms with Crippen LogP contribution in [0.15, 0.2) is 48.5 Å². The van der Waals surface area contributed by atoms with E-state index in [0.717, 1.165) is 21.8 Å². The second-order valence-electron chi connectivity index (χ2n) is 4.20. The van der Waals surface area contributed by atoms with Gasteiger partial charge in [0.15, 0.2) is 0 Å². The Morgan fingerprint density at radius 3 is 2.35 bits per heavy atom. The van der Waals surface area contributed by atoms with E-state index in [2.05, 4.69) is 6.08 Å². The van der Waals surface area contributed by atoms with Crippen molar-refractivity contribution in [3.63, 3.8) is 0 Å². The number of benzene rings is 2. The van der Waals surface area contributed by atoms with Gasteiger partial charge in [0, 0.05) is 16.9 Å². The number of nitrogens with zero attached hydrogens (tertiary/aromatic N) is 1. The van der Waals surface area contributed by atoms with E-state index in [4.69, 9.17) is 0 Å². The topological polar surface area (TPSA) is 26.3 Å². The predicted molar refractivity (Wildman–Crippen MR) is 71.9 cm³/mol. The molecular formula is C15H12NO-. The van der Waals surface area contributed by atoms with Gasteiger partial charge in [-0.25, -0.2) is 0 Å². The standard InChI is InChI=1S/C15H12NO/c1-11-10-12-6-2-4-8-14(12)16(17)15-9-5-3-7-13(11)15/h2-10H,1H3/q-1. The normalized spacial score (nSPS) is 13.5. The lowest BCUT2D eigenvalue weighted by Gasteiger charge is -2.32. The summed E-state index contributed by atoms with van der Waals surface area (Å²) in [5.41, 5.74) is 4.50. The van der Waals surface area contributed by atoms with Crippen LogP contribution in [0, 0.1) is 5.21 Å². The quantitative estimate of drug-likeness (QED) is 0.667. The molecule has 1 aliphatic rings. The average molecular weight is 222 g/mol. The Labute approximate surface area is 100 Å². The van der Waals surface area contributed by atoms with E-state index in [1.165, 1.54) is 0 Å². The SMILES string of the molecule is CC1=Cc2ccccc2N([O-])c2ccccc21. The molecule has 0 aromatic heterocycles. The first kappa shape index (κ1) is 10.1. The zero-order valence-corrected chi connectivity index (χ0v) is 9.55. The lowest BCUT2D eigenvalue weighted by molar-refractivity contribution is 1.29. The number of para-hydroxylation sites is 2. The van der Waals surface area contributed by atoms with Gasteiger partial charge in [0.25, 0.3) is 0 Å². The van der Waals surface area contributed by atoms with Crippen LogP contribution in [0.5, 0.6) is 0 Å². The van der Waals surface area contributed by atoms with Crippen molar-refractivity contribution in [3.05, 3.63) is 64.9 Å². The van der Waals surface area contributed by atoms with Crippen LogP contribution in [0.25, 0.3) is 11.6 Å². The molecule has 0 aliphatic carbocycles. The Morgan fingerprint density at radius 1 is 0.882 bits per heavy atom. The second-order valence-corrected chi connectivity index (χ2v) is 4.20. The Hall–Kier alpha value is -2.06. The van der Waals surface area contributed by atoms with Crippen LogP contribution in [-0.4, -0.2) is 0 Å². The minimum atomic E-state index is 0.705. The Bertz CT molecular complexity index is 601. The number of hydrogen-bond donors (Lipinski definition) is 0. The van der Waals surface area contributed by atoms with E-state index < -0.39 is 0 Å². The van der Waals surface area contributed by atoms with Crippen LogP contribution in [0.1, 0.15) is 18.1 Å². The van der Waals surface area contributed by atoms with Crippen molar-refractivity contribution < 1.29 is 0 Å². The average Bonchev–Trinajstić information content (AvgIpc) is 2.48. The minimum Gasteiger partial charge on any atom is -0.754 e. The highest BCUT2D eigenvalue weighted by Gasteiger charge is 2.13. The van der Waals surface area contributed by atoms with Gasteiger partial charge < -0.3 is 10.3 Å². The molecule has 2 aromatic rings. The molecule has 0 atom stereocenters. The van der Waals surface area contributed by atoms with Gasteiger partial charge >= 0.3 is 0 Å². The van der Waals surface area contributed by atoms with Crippen LogP contribution < -0.4 is 5.06 Å². The number of rotatable bonds is 0. The van der Waals surface area contributed by atoms with Crippen LogP contribution in [0.4, 0.5) is 11.4 Å². The maximum absolute atomic E-state index is 12.4. The maximum Gasteiger partial charge on any atom is 0.0380 e. The third-order valence-corrected chi connectivity index (χ3v) is 3.08. The molecule has 0 saturated heterocycles. The van der Waals surface area contributed by atoms with Crippen molar-refractivity contribution in [3.8, 4) is 0 Å². The van der Waals surface area contributed by atoms with Gasteiger partial charge in [-0.1, -0.05) is 36.4 Å². The lowest BCUT2D eigenvalue weighted by Crippen LogP contribution is -2.08. The smallest absolute Gasteiger partial charge is 0.0380 e. The molecule has 3 rings (SSSR count). The zero-order valence-electron chi connectivity index (χ0n) is 9.55. The van der Waals surface area contributed by atoms with Crippen molar-refractivity contribution in [1.29, 1.82) is 0 Å². The van der Waals surface area contributed by atoms with Crippen molar-refractivity contribution in [2.24, 2.45) is 0 Å². The van der Waals surface area contributed by atoms with Gasteiger partial charge in [-0.15, -0.1) is 0 Å². The summed E-state index contributed by atoms with van der Waals surface area (Å²) in [5, 5.41) is 13.4. The van der Waals surface area contributed by atoms with E-state index >= 15 is 0 Å². The molecule has 2 aromatic carbocycles. The summed E-state index contributed by atoms with van der Waals surface area (Å²) < 4.78 is 0. The van der Waals surface area contributed by atoms with Crippen LogP contribution in [-0.2, 0) is 0 Å². The summed E-state index contributed by atoms with van der Waals surface area (Å²) in [7, 11) is 0. The van der Waals surface area contributed by atoms with Gasteiger partial charge in [0.1, 0.15) is 0 Å². The summed E-state index contributed by atoms with van der Waals surface area (Å²) in [6.45, 7) is 2.04. The molecule has 1 heterocycles. The molecule has 0 unspecified atom stereocenters. The third kappa shape index (κ3) is 1.54. The Kier molecular flexibility index (Phi) is 2.23. The van der Waals surface area contributed by atoms with Crippen molar-refractivity contribution in [1.82, 2.24) is 0 Å². The summed E-state index contributed by atoms with van der Waals surface area (Å²) in [4.78, 5) is 0. The van der Waals surface area contributed by atoms with Gasteiger partial charge in [0.2, 0.25) is 0 Å². The Balaban J connectivity index is 2.32. The monoisotopic (exact) mass is 222 g/mol. The summed E-state index contributed by atoms with van der Waals surface area (Å²) in [5.74, 6) is 0. The van der Waals surface area contributed by atoms with E-state index in [9.17, 15) is 5.21 Å². The molecule has 0 bridgehead atoms. The first-order valence-electron chi connectivity index (χ1n) is 5.61. The third-order valence-electron chi connectivity index (χ3n) is 3.08. The van der Waals surface area contributed by atoms with E-state index in [-0.39, 0.29) is 0 Å². The Morgan fingerprint density at radius 2 is 1.53 bits per heavy atom. The molecule has 17 heavy (non-hydrogen) atoms. The molecule has 0 amide bonds. The molecule has 1 aliphatic heterocycles. The highest BCUT2D eigenvalue weighted by molar-refractivity contribution is 5.94. The second kappa shape index (κ2) is 3.75. The van der Waals surface area contributed by atoms with Crippen LogP contribution in [0.3, 0.4) is 0 Å². The van der Waals surface area contributed by atoms with E-state index in [1.54, 1.807) is 0 Å². The van der Waals surface area contributed by atoms with Gasteiger partial charge in [-0.3, -0.25) is 0 Å². The number of hydrogen-bond acceptors (Lipinski definition) is 2.